The first-order chi connectivity index (χ1) is 5.88. The maximum absolute atomic E-state index is 6.00. The van der Waals surface area contributed by atoms with Gasteiger partial charge in [0.1, 0.15) is 0 Å². The van der Waals surface area contributed by atoms with Crippen molar-refractivity contribution in [1.82, 2.24) is 0 Å². The monoisotopic (exact) mass is 167 g/mol. The highest BCUT2D eigenvalue weighted by Crippen LogP contribution is 2.26. The Balaban J connectivity index is 2.04. The lowest BCUT2D eigenvalue weighted by Gasteiger charge is -2.14. The molecule has 3 heteroatoms. The number of hydrogen-bond acceptors (Lipinski definition) is 3. The lowest BCUT2D eigenvalue weighted by Crippen LogP contribution is -2.20. The quantitative estimate of drug-likeness (QED) is 0.722. The molecule has 0 saturated carbocycles. The van der Waals surface area contributed by atoms with E-state index in [9.17, 15) is 0 Å². The molecule has 3 nitrogen and oxygen atoms in total. The summed E-state index contributed by atoms with van der Waals surface area (Å²) in [5.41, 5.74) is 7.08. The summed E-state index contributed by atoms with van der Waals surface area (Å²) in [4.78, 5) is 0. The van der Waals surface area contributed by atoms with Gasteiger partial charge in [-0.1, -0.05) is 0 Å². The van der Waals surface area contributed by atoms with E-state index in [4.69, 9.17) is 14.9 Å². The van der Waals surface area contributed by atoms with E-state index in [1.165, 1.54) is 0 Å². The van der Waals surface area contributed by atoms with Gasteiger partial charge in [0.2, 0.25) is 0 Å². The summed E-state index contributed by atoms with van der Waals surface area (Å²) in [5, 5.41) is 0. The molecule has 0 bridgehead atoms. The lowest BCUT2D eigenvalue weighted by atomic mass is 9.95. The van der Waals surface area contributed by atoms with E-state index in [0.29, 0.717) is 5.92 Å². The molecule has 0 amide bonds. The van der Waals surface area contributed by atoms with Crippen molar-refractivity contribution in [2.24, 2.45) is 11.7 Å². The first kappa shape index (κ1) is 7.83. The number of ether oxygens (including phenoxy) is 1. The van der Waals surface area contributed by atoms with Crippen LogP contribution in [0.15, 0.2) is 23.0 Å². The van der Waals surface area contributed by atoms with Crippen molar-refractivity contribution in [3.05, 3.63) is 24.2 Å². The van der Waals surface area contributed by atoms with Crippen LogP contribution >= 0.6 is 0 Å². The number of hydrogen-bond donors (Lipinski definition) is 1. The molecule has 1 saturated heterocycles. The minimum atomic E-state index is 0.0752. The van der Waals surface area contributed by atoms with Gasteiger partial charge in [0.25, 0.3) is 0 Å². The van der Waals surface area contributed by atoms with E-state index in [1.54, 1.807) is 12.5 Å². The molecule has 12 heavy (non-hydrogen) atoms. The third-order valence-corrected chi connectivity index (χ3v) is 2.40. The SMILES string of the molecule is NC(c1ccoc1)C1CCOC1. The highest BCUT2D eigenvalue weighted by molar-refractivity contribution is 5.12. The van der Waals surface area contributed by atoms with Gasteiger partial charge >= 0.3 is 0 Å². The normalized spacial score (nSPS) is 25.9. The molecule has 66 valence electrons. The van der Waals surface area contributed by atoms with Crippen LogP contribution in [0, 0.1) is 5.92 Å². The predicted molar refractivity (Wildman–Crippen MR) is 44.6 cm³/mol. The summed E-state index contributed by atoms with van der Waals surface area (Å²) < 4.78 is 10.2. The van der Waals surface area contributed by atoms with E-state index < -0.39 is 0 Å². The molecular formula is C9H13NO2. The molecule has 1 aliphatic heterocycles. The van der Waals surface area contributed by atoms with Crippen molar-refractivity contribution >= 4 is 0 Å². The molecule has 2 atom stereocenters. The molecule has 1 fully saturated rings. The standard InChI is InChI=1S/C9H13NO2/c10-9(7-1-3-11-5-7)8-2-4-12-6-8/h1,3,5,8-9H,2,4,6,10H2. The van der Waals surface area contributed by atoms with E-state index in [1.807, 2.05) is 6.07 Å². The summed E-state index contributed by atoms with van der Waals surface area (Å²) in [7, 11) is 0. The van der Waals surface area contributed by atoms with Crippen molar-refractivity contribution < 1.29 is 9.15 Å². The first-order valence-electron chi connectivity index (χ1n) is 4.23. The number of furan rings is 1. The zero-order valence-electron chi connectivity index (χ0n) is 6.90. The second-order valence-electron chi connectivity index (χ2n) is 3.21. The largest absolute Gasteiger partial charge is 0.472 e. The highest BCUT2D eigenvalue weighted by Gasteiger charge is 2.24. The van der Waals surface area contributed by atoms with Gasteiger partial charge in [-0.25, -0.2) is 0 Å². The average molecular weight is 167 g/mol. The molecule has 0 aliphatic carbocycles. The van der Waals surface area contributed by atoms with Crippen LogP contribution in [0.2, 0.25) is 0 Å². The molecule has 2 rings (SSSR count). The Bertz CT molecular complexity index is 227. The van der Waals surface area contributed by atoms with Gasteiger partial charge < -0.3 is 14.9 Å². The Morgan fingerprint density at radius 3 is 3.08 bits per heavy atom. The van der Waals surface area contributed by atoms with Crippen molar-refractivity contribution in [3.8, 4) is 0 Å². The van der Waals surface area contributed by atoms with Gasteiger partial charge in [-0.2, -0.15) is 0 Å². The van der Waals surface area contributed by atoms with Crippen LogP contribution in [0.25, 0.3) is 0 Å². The van der Waals surface area contributed by atoms with Crippen LogP contribution in [0.5, 0.6) is 0 Å². The zero-order chi connectivity index (χ0) is 8.39. The van der Waals surface area contributed by atoms with Gasteiger partial charge in [-0.15, -0.1) is 0 Å². The van der Waals surface area contributed by atoms with Crippen LogP contribution in [0.4, 0.5) is 0 Å². The summed E-state index contributed by atoms with van der Waals surface area (Å²) in [6.45, 7) is 1.63. The third kappa shape index (κ3) is 1.38. The van der Waals surface area contributed by atoms with Gasteiger partial charge in [0, 0.05) is 24.1 Å². The van der Waals surface area contributed by atoms with Gasteiger partial charge in [-0.3, -0.25) is 0 Å². The second kappa shape index (κ2) is 3.29. The second-order valence-corrected chi connectivity index (χ2v) is 3.21. The minimum absolute atomic E-state index is 0.0752. The van der Waals surface area contributed by atoms with Crippen LogP contribution in [-0.4, -0.2) is 13.2 Å². The van der Waals surface area contributed by atoms with Crippen molar-refractivity contribution in [2.75, 3.05) is 13.2 Å². The third-order valence-electron chi connectivity index (χ3n) is 2.40. The zero-order valence-corrected chi connectivity index (χ0v) is 6.90. The van der Waals surface area contributed by atoms with E-state index in [2.05, 4.69) is 0 Å². The summed E-state index contributed by atoms with van der Waals surface area (Å²) in [6.07, 6.45) is 4.43. The highest BCUT2D eigenvalue weighted by atomic mass is 16.5. The fourth-order valence-electron chi connectivity index (χ4n) is 1.57. The minimum Gasteiger partial charge on any atom is -0.472 e. The maximum Gasteiger partial charge on any atom is 0.0950 e. The number of nitrogens with two attached hydrogens (primary N) is 1. The van der Waals surface area contributed by atoms with Crippen LogP contribution in [0.3, 0.4) is 0 Å². The van der Waals surface area contributed by atoms with Crippen molar-refractivity contribution in [2.45, 2.75) is 12.5 Å². The first-order valence-corrected chi connectivity index (χ1v) is 4.23. The Labute approximate surface area is 71.5 Å². The van der Waals surface area contributed by atoms with E-state index >= 15 is 0 Å². The average Bonchev–Trinajstić information content (AvgIpc) is 2.77. The topological polar surface area (TPSA) is 48.4 Å². The molecule has 1 aromatic heterocycles. The van der Waals surface area contributed by atoms with Crippen molar-refractivity contribution in [3.63, 3.8) is 0 Å². The fourth-order valence-corrected chi connectivity index (χ4v) is 1.57. The molecular weight excluding hydrogens is 154 g/mol. The van der Waals surface area contributed by atoms with Crippen LogP contribution in [0.1, 0.15) is 18.0 Å². The Kier molecular flexibility index (Phi) is 2.15. The molecule has 2 heterocycles. The summed E-state index contributed by atoms with van der Waals surface area (Å²) in [5.74, 6) is 0.461. The Morgan fingerprint density at radius 1 is 1.58 bits per heavy atom. The Hall–Kier alpha value is -0.800. The van der Waals surface area contributed by atoms with Crippen LogP contribution in [-0.2, 0) is 4.74 Å². The molecule has 1 aliphatic rings. The van der Waals surface area contributed by atoms with E-state index in [0.717, 1.165) is 25.2 Å². The predicted octanol–water partition coefficient (Wildman–Crippen LogP) is 1.32. The maximum atomic E-state index is 6.00. The smallest absolute Gasteiger partial charge is 0.0950 e. The molecule has 2 unspecified atom stereocenters. The van der Waals surface area contributed by atoms with E-state index in [-0.39, 0.29) is 6.04 Å². The summed E-state index contributed by atoms with van der Waals surface area (Å²) in [6, 6.07) is 1.99. The molecule has 0 spiro atoms. The van der Waals surface area contributed by atoms with Gasteiger partial charge in [0.15, 0.2) is 0 Å². The molecule has 0 aromatic carbocycles. The Morgan fingerprint density at radius 2 is 2.50 bits per heavy atom. The van der Waals surface area contributed by atoms with Crippen LogP contribution < -0.4 is 5.73 Å². The van der Waals surface area contributed by atoms with Crippen molar-refractivity contribution in [1.29, 1.82) is 0 Å². The van der Waals surface area contributed by atoms with Gasteiger partial charge in [0.05, 0.1) is 19.1 Å². The summed E-state index contributed by atoms with van der Waals surface area (Å²) >= 11 is 0. The molecule has 2 N–H and O–H groups in total. The molecule has 1 aromatic rings. The van der Waals surface area contributed by atoms with Gasteiger partial charge in [-0.05, 0) is 12.5 Å². The molecule has 0 radical (unpaired) electrons. The lowest BCUT2D eigenvalue weighted by molar-refractivity contribution is 0.181. The fraction of sp³-hybridized carbons (Fsp3) is 0.556. The number of rotatable bonds is 2.